The molecule has 0 aliphatic carbocycles. The number of carbonyl (C=O) groups excluding carboxylic acids is 2. The molecule has 34 heavy (non-hydrogen) atoms. The van der Waals surface area contributed by atoms with Gasteiger partial charge in [0.05, 0.1) is 21.2 Å². The molecule has 0 aliphatic heterocycles. The number of esters is 1. The molecule has 1 aromatic carbocycles. The number of nitro groups is 1. The number of pyridine rings is 1. The SMILES string of the molecule is Cc1cc(C)n(-c2ccc(Cl)c(C(=O)OCC(=O)Nc3ccc(C(F)(F)F)cc3[N+](=O)[O-])n2)n1. The highest BCUT2D eigenvalue weighted by molar-refractivity contribution is 6.33. The first-order valence-corrected chi connectivity index (χ1v) is 9.77. The van der Waals surface area contributed by atoms with Gasteiger partial charge < -0.3 is 10.1 Å². The van der Waals surface area contributed by atoms with Crippen LogP contribution in [0, 0.1) is 24.0 Å². The van der Waals surface area contributed by atoms with Crippen molar-refractivity contribution in [1.29, 1.82) is 0 Å². The number of nitro benzene ring substituents is 1. The number of benzene rings is 1. The minimum Gasteiger partial charge on any atom is -0.451 e. The number of amides is 1. The molecule has 0 saturated heterocycles. The van der Waals surface area contributed by atoms with Crippen LogP contribution in [0.3, 0.4) is 0 Å². The van der Waals surface area contributed by atoms with Crippen molar-refractivity contribution in [3.8, 4) is 5.82 Å². The van der Waals surface area contributed by atoms with Crippen molar-refractivity contribution < 1.29 is 32.4 Å². The largest absolute Gasteiger partial charge is 0.451 e. The van der Waals surface area contributed by atoms with Crippen molar-refractivity contribution in [3.63, 3.8) is 0 Å². The van der Waals surface area contributed by atoms with Crippen molar-refractivity contribution >= 4 is 34.9 Å². The van der Waals surface area contributed by atoms with Crippen molar-refractivity contribution in [3.05, 3.63) is 74.2 Å². The van der Waals surface area contributed by atoms with Gasteiger partial charge in [0.2, 0.25) is 0 Å². The van der Waals surface area contributed by atoms with Crippen LogP contribution in [0.5, 0.6) is 0 Å². The van der Waals surface area contributed by atoms with Crippen LogP contribution in [-0.2, 0) is 15.7 Å². The van der Waals surface area contributed by atoms with Gasteiger partial charge in [0.1, 0.15) is 5.69 Å². The number of aromatic nitrogens is 3. The fraction of sp³-hybridized carbons (Fsp3) is 0.200. The minimum atomic E-state index is -4.81. The van der Waals surface area contributed by atoms with E-state index in [1.54, 1.807) is 19.9 Å². The van der Waals surface area contributed by atoms with Gasteiger partial charge >= 0.3 is 12.1 Å². The molecule has 0 aliphatic rings. The van der Waals surface area contributed by atoms with Gasteiger partial charge in [-0.15, -0.1) is 0 Å². The van der Waals surface area contributed by atoms with E-state index in [1.807, 2.05) is 5.32 Å². The molecule has 178 valence electrons. The van der Waals surface area contributed by atoms with Crippen LogP contribution < -0.4 is 5.32 Å². The summed E-state index contributed by atoms with van der Waals surface area (Å²) in [4.78, 5) is 38.7. The van der Waals surface area contributed by atoms with Crippen molar-refractivity contribution in [2.24, 2.45) is 0 Å². The molecule has 0 radical (unpaired) electrons. The van der Waals surface area contributed by atoms with Crippen LogP contribution in [0.2, 0.25) is 5.02 Å². The standard InChI is InChI=1S/C20H15ClF3N5O5/c1-10-7-11(2)28(27-10)16-6-4-13(21)18(26-16)19(31)34-9-17(30)25-14-5-3-12(20(22,23)24)8-15(14)29(32)33/h3-8H,9H2,1-2H3,(H,25,30). The maximum atomic E-state index is 12.8. The van der Waals surface area contributed by atoms with Crippen molar-refractivity contribution in [1.82, 2.24) is 14.8 Å². The van der Waals surface area contributed by atoms with E-state index in [0.29, 0.717) is 11.8 Å². The summed E-state index contributed by atoms with van der Waals surface area (Å²) in [5, 5.41) is 17.3. The number of nitrogens with zero attached hydrogens (tertiary/aromatic N) is 4. The number of hydrogen-bond acceptors (Lipinski definition) is 7. The lowest BCUT2D eigenvalue weighted by Gasteiger charge is -2.11. The quantitative estimate of drug-likeness (QED) is 0.306. The van der Waals surface area contributed by atoms with E-state index in [2.05, 4.69) is 10.1 Å². The molecule has 3 rings (SSSR count). The van der Waals surface area contributed by atoms with Crippen molar-refractivity contribution in [2.75, 3.05) is 11.9 Å². The predicted octanol–water partition coefficient (Wildman–Crippen LogP) is 4.26. The monoisotopic (exact) mass is 497 g/mol. The van der Waals surface area contributed by atoms with Crippen LogP contribution in [0.4, 0.5) is 24.5 Å². The molecule has 2 heterocycles. The fourth-order valence-corrected chi connectivity index (χ4v) is 3.09. The fourth-order valence-electron chi connectivity index (χ4n) is 2.90. The number of alkyl halides is 3. The Morgan fingerprint density at radius 1 is 1.21 bits per heavy atom. The molecular formula is C20H15ClF3N5O5. The Balaban J connectivity index is 1.72. The number of aryl methyl sites for hydroxylation is 2. The lowest BCUT2D eigenvalue weighted by atomic mass is 10.1. The first-order valence-electron chi connectivity index (χ1n) is 9.39. The zero-order valence-corrected chi connectivity index (χ0v) is 18.3. The van der Waals surface area contributed by atoms with Crippen LogP contribution >= 0.6 is 11.6 Å². The summed E-state index contributed by atoms with van der Waals surface area (Å²) >= 11 is 6.02. The normalized spacial score (nSPS) is 11.2. The summed E-state index contributed by atoms with van der Waals surface area (Å²) in [6.07, 6.45) is -4.81. The maximum absolute atomic E-state index is 12.8. The smallest absolute Gasteiger partial charge is 0.416 e. The molecule has 0 atom stereocenters. The van der Waals surface area contributed by atoms with Gasteiger partial charge in [0.15, 0.2) is 18.1 Å². The molecule has 0 saturated carbocycles. The van der Waals surface area contributed by atoms with Gasteiger partial charge in [-0.25, -0.2) is 14.5 Å². The molecule has 14 heteroatoms. The summed E-state index contributed by atoms with van der Waals surface area (Å²) in [7, 11) is 0. The number of halogens is 4. The van der Waals surface area contributed by atoms with E-state index in [0.717, 1.165) is 11.8 Å². The Kier molecular flexibility index (Phi) is 6.86. The molecule has 0 unspecified atom stereocenters. The first-order chi connectivity index (χ1) is 15.9. The Morgan fingerprint density at radius 3 is 2.50 bits per heavy atom. The molecule has 0 fully saturated rings. The second-order valence-electron chi connectivity index (χ2n) is 6.95. The highest BCUT2D eigenvalue weighted by Crippen LogP contribution is 2.35. The molecule has 1 N–H and O–H groups in total. The summed E-state index contributed by atoms with van der Waals surface area (Å²) in [5.74, 6) is -1.82. The Bertz CT molecular complexity index is 1290. The van der Waals surface area contributed by atoms with Gasteiger partial charge in [-0.05, 0) is 44.2 Å². The summed E-state index contributed by atoms with van der Waals surface area (Å²) in [5.41, 5.74) is -1.58. The highest BCUT2D eigenvalue weighted by atomic mass is 35.5. The number of anilines is 1. The van der Waals surface area contributed by atoms with E-state index < -0.39 is 46.5 Å². The van der Waals surface area contributed by atoms with E-state index in [9.17, 15) is 32.9 Å². The molecule has 10 nitrogen and oxygen atoms in total. The molecule has 0 bridgehead atoms. The highest BCUT2D eigenvalue weighted by Gasteiger charge is 2.33. The number of ether oxygens (including phenoxy) is 1. The first kappa shape index (κ1) is 24.6. The van der Waals surface area contributed by atoms with Gasteiger partial charge in [0.25, 0.3) is 11.6 Å². The number of rotatable bonds is 6. The zero-order chi connectivity index (χ0) is 25.2. The Labute approximate surface area is 194 Å². The van der Waals surface area contributed by atoms with E-state index in [1.165, 1.54) is 16.8 Å². The van der Waals surface area contributed by atoms with Crippen LogP contribution in [0.1, 0.15) is 27.4 Å². The summed E-state index contributed by atoms with van der Waals surface area (Å²) in [6, 6.07) is 6.30. The average molecular weight is 498 g/mol. The predicted molar refractivity (Wildman–Crippen MR) is 113 cm³/mol. The topological polar surface area (TPSA) is 129 Å². The van der Waals surface area contributed by atoms with E-state index in [4.69, 9.17) is 16.3 Å². The van der Waals surface area contributed by atoms with Crippen molar-refractivity contribution in [2.45, 2.75) is 20.0 Å². The Morgan fingerprint density at radius 2 is 1.91 bits per heavy atom. The number of carbonyl (C=O) groups is 2. The summed E-state index contributed by atoms with van der Waals surface area (Å²) < 4.78 is 44.7. The van der Waals surface area contributed by atoms with Gasteiger partial charge in [0, 0.05) is 11.8 Å². The van der Waals surface area contributed by atoms with E-state index >= 15 is 0 Å². The van der Waals surface area contributed by atoms with Gasteiger partial charge in [-0.1, -0.05) is 11.6 Å². The van der Waals surface area contributed by atoms with E-state index in [-0.39, 0.29) is 22.6 Å². The van der Waals surface area contributed by atoms with Crippen LogP contribution in [0.15, 0.2) is 36.4 Å². The second kappa shape index (κ2) is 9.47. The maximum Gasteiger partial charge on any atom is 0.416 e. The zero-order valence-electron chi connectivity index (χ0n) is 17.5. The number of nitrogens with one attached hydrogen (secondary N) is 1. The van der Waals surface area contributed by atoms with Crippen LogP contribution in [-0.4, -0.2) is 38.2 Å². The average Bonchev–Trinajstić information content (AvgIpc) is 3.09. The lowest BCUT2D eigenvalue weighted by molar-refractivity contribution is -0.384. The third-order valence-electron chi connectivity index (χ3n) is 4.38. The molecule has 1 amide bonds. The lowest BCUT2D eigenvalue weighted by Crippen LogP contribution is -2.22. The third kappa shape index (κ3) is 5.49. The Hall–Kier alpha value is -4.00. The van der Waals surface area contributed by atoms with Crippen LogP contribution in [0.25, 0.3) is 5.82 Å². The third-order valence-corrected chi connectivity index (χ3v) is 4.69. The van der Waals surface area contributed by atoms with Gasteiger partial charge in [-0.3, -0.25) is 14.9 Å². The molecular weight excluding hydrogens is 483 g/mol. The second-order valence-corrected chi connectivity index (χ2v) is 7.36. The van der Waals surface area contributed by atoms with Gasteiger partial charge in [-0.2, -0.15) is 18.3 Å². The molecule has 2 aromatic heterocycles. The number of hydrogen-bond donors (Lipinski definition) is 1. The molecule has 3 aromatic rings. The summed E-state index contributed by atoms with van der Waals surface area (Å²) in [6.45, 7) is 2.65. The minimum absolute atomic E-state index is 0.0610. The molecule has 0 spiro atoms.